The summed E-state index contributed by atoms with van der Waals surface area (Å²) in [5.41, 5.74) is 0. The summed E-state index contributed by atoms with van der Waals surface area (Å²) < 4.78 is 64.2. The SMILES string of the molecule is C=CS(=O)(=O)CCCNC(=O)CN(CCOC(=O)COCCOCCNC(=O)OCCC)CCOC(=O)COCCOCCNC(=O)OCCC. The van der Waals surface area contributed by atoms with Crippen LogP contribution in [0.3, 0.4) is 0 Å². The largest absolute Gasteiger partial charge is 0.463 e. The normalized spacial score (nSPS) is 11.0. The van der Waals surface area contributed by atoms with E-state index in [1.165, 1.54) is 0 Å². The van der Waals surface area contributed by atoms with Gasteiger partial charge in [0.05, 0.1) is 65.2 Å². The molecule has 0 aliphatic carbocycles. The van der Waals surface area contributed by atoms with Gasteiger partial charge in [0.15, 0.2) is 9.84 Å². The van der Waals surface area contributed by atoms with Crippen molar-refractivity contribution in [2.24, 2.45) is 0 Å². The van der Waals surface area contributed by atoms with Crippen molar-refractivity contribution in [3.63, 3.8) is 0 Å². The second-order valence-corrected chi connectivity index (χ2v) is 12.5. The van der Waals surface area contributed by atoms with Crippen LogP contribution in [0.2, 0.25) is 0 Å². The van der Waals surface area contributed by atoms with Gasteiger partial charge in [-0.1, -0.05) is 20.4 Å². The van der Waals surface area contributed by atoms with Gasteiger partial charge in [-0.3, -0.25) is 9.69 Å². The Bertz CT molecular complexity index is 1040. The number of hydrogen-bond donors (Lipinski definition) is 3. The van der Waals surface area contributed by atoms with Gasteiger partial charge in [0.2, 0.25) is 5.91 Å². The Hall–Kier alpha value is -3.56. The third-order valence-corrected chi connectivity index (χ3v) is 7.35. The van der Waals surface area contributed by atoms with Crippen LogP contribution in [0.25, 0.3) is 0 Å². The van der Waals surface area contributed by atoms with E-state index in [4.69, 9.17) is 37.9 Å². The van der Waals surface area contributed by atoms with Crippen molar-refractivity contribution in [1.82, 2.24) is 20.9 Å². The lowest BCUT2D eigenvalue weighted by molar-refractivity contribution is -0.150. The van der Waals surface area contributed by atoms with Crippen LogP contribution >= 0.6 is 0 Å². The molecule has 0 fully saturated rings. The number of carbonyl (C=O) groups is 5. The number of amides is 3. The van der Waals surface area contributed by atoms with Gasteiger partial charge in [-0.2, -0.15) is 0 Å². The molecule has 0 saturated heterocycles. The molecule has 0 aliphatic heterocycles. The molecular formula is C31H56N4O15S. The zero-order valence-electron chi connectivity index (χ0n) is 29.8. The van der Waals surface area contributed by atoms with Crippen molar-refractivity contribution in [2.45, 2.75) is 33.1 Å². The lowest BCUT2D eigenvalue weighted by Crippen LogP contribution is -2.41. The predicted molar refractivity (Wildman–Crippen MR) is 183 cm³/mol. The van der Waals surface area contributed by atoms with Gasteiger partial charge in [0.25, 0.3) is 0 Å². The zero-order chi connectivity index (χ0) is 38.0. The molecular weight excluding hydrogens is 700 g/mol. The molecule has 0 atom stereocenters. The number of hydrogen-bond acceptors (Lipinski definition) is 16. The molecule has 19 nitrogen and oxygen atoms in total. The molecule has 0 radical (unpaired) electrons. The number of nitrogens with one attached hydrogen (secondary N) is 3. The number of esters is 2. The molecule has 51 heavy (non-hydrogen) atoms. The molecule has 3 amide bonds. The number of carbonyl (C=O) groups excluding carboxylic acids is 5. The summed E-state index contributed by atoms with van der Waals surface area (Å²) in [6.45, 7) is 8.71. The first-order valence-corrected chi connectivity index (χ1v) is 18.5. The highest BCUT2D eigenvalue weighted by molar-refractivity contribution is 7.94. The summed E-state index contributed by atoms with van der Waals surface area (Å²) in [6.07, 6.45) is 0.606. The van der Waals surface area contributed by atoms with Crippen molar-refractivity contribution in [3.8, 4) is 0 Å². The number of sulfone groups is 1. The van der Waals surface area contributed by atoms with E-state index in [-0.39, 0.29) is 118 Å². The second kappa shape index (κ2) is 32.4. The minimum absolute atomic E-state index is 0.0874. The van der Waals surface area contributed by atoms with E-state index >= 15 is 0 Å². The molecule has 0 aromatic rings. The van der Waals surface area contributed by atoms with Crippen LogP contribution < -0.4 is 16.0 Å². The Balaban J connectivity index is 4.38. The van der Waals surface area contributed by atoms with E-state index in [0.29, 0.717) is 13.2 Å². The first-order chi connectivity index (χ1) is 24.5. The molecule has 0 saturated carbocycles. The summed E-state index contributed by atoms with van der Waals surface area (Å²) in [4.78, 5) is 60.9. The fourth-order valence-corrected chi connectivity index (χ4v) is 4.18. The van der Waals surface area contributed by atoms with E-state index in [9.17, 15) is 32.4 Å². The van der Waals surface area contributed by atoms with Crippen molar-refractivity contribution >= 4 is 39.9 Å². The molecule has 20 heteroatoms. The third-order valence-electron chi connectivity index (χ3n) is 5.98. The maximum absolute atomic E-state index is 12.5. The number of ether oxygens (including phenoxy) is 8. The second-order valence-electron chi connectivity index (χ2n) is 10.4. The lowest BCUT2D eigenvalue weighted by atomic mass is 10.4. The quantitative estimate of drug-likeness (QED) is 0.0446. The highest BCUT2D eigenvalue weighted by Crippen LogP contribution is 1.96. The lowest BCUT2D eigenvalue weighted by Gasteiger charge is -2.21. The Morgan fingerprint density at radius 1 is 0.608 bits per heavy atom. The summed E-state index contributed by atoms with van der Waals surface area (Å²) in [6, 6.07) is 0. The van der Waals surface area contributed by atoms with E-state index in [0.717, 1.165) is 18.2 Å². The van der Waals surface area contributed by atoms with Gasteiger partial charge in [0.1, 0.15) is 26.4 Å². The first-order valence-electron chi connectivity index (χ1n) is 16.8. The van der Waals surface area contributed by atoms with Gasteiger partial charge in [-0.05, 0) is 19.3 Å². The standard InChI is InChI=1S/C31H56N4O15S/c1-4-13-49-30(39)33-9-15-43-19-21-45-25-28(37)47-17-11-35(24-27(36)32-8-7-23-51(41,42)6-3)12-18-48-29(38)26-46-22-20-44-16-10-34-31(40)50-14-5-2/h6H,3-5,7-26H2,1-2H3,(H,32,36)(H,33,39)(H,34,40). The van der Waals surface area contributed by atoms with E-state index < -0.39 is 39.9 Å². The molecule has 0 unspecified atom stereocenters. The molecule has 0 spiro atoms. The number of rotatable bonds is 33. The van der Waals surface area contributed by atoms with Crippen molar-refractivity contribution in [2.75, 3.05) is 124 Å². The molecule has 296 valence electrons. The Kier molecular flexibility index (Phi) is 30.1. The zero-order valence-corrected chi connectivity index (χ0v) is 30.6. The third kappa shape index (κ3) is 32.1. The Labute approximate surface area is 300 Å². The van der Waals surface area contributed by atoms with Crippen LogP contribution in [0.4, 0.5) is 9.59 Å². The summed E-state index contributed by atoms with van der Waals surface area (Å²) in [5, 5.41) is 8.55. The number of alkyl carbamates (subject to hydrolysis) is 2. The summed E-state index contributed by atoms with van der Waals surface area (Å²) in [5.74, 6) is -1.84. The minimum atomic E-state index is -3.39. The van der Waals surface area contributed by atoms with Gasteiger partial charge in [-0.25, -0.2) is 27.6 Å². The molecule has 0 heterocycles. The highest BCUT2D eigenvalue weighted by Gasteiger charge is 2.14. The monoisotopic (exact) mass is 756 g/mol. The van der Waals surface area contributed by atoms with E-state index in [1.807, 2.05) is 13.8 Å². The smallest absolute Gasteiger partial charge is 0.407 e. The van der Waals surface area contributed by atoms with Crippen molar-refractivity contribution in [1.29, 1.82) is 0 Å². The molecule has 0 bridgehead atoms. The molecule has 0 rings (SSSR count). The van der Waals surface area contributed by atoms with E-state index in [2.05, 4.69) is 22.5 Å². The van der Waals surface area contributed by atoms with E-state index in [1.54, 1.807) is 4.90 Å². The van der Waals surface area contributed by atoms with Crippen LogP contribution in [-0.4, -0.2) is 168 Å². The van der Waals surface area contributed by atoms with Crippen LogP contribution in [0.5, 0.6) is 0 Å². The van der Waals surface area contributed by atoms with Gasteiger partial charge in [-0.15, -0.1) is 0 Å². The van der Waals surface area contributed by atoms with Crippen LogP contribution in [0.1, 0.15) is 33.1 Å². The van der Waals surface area contributed by atoms with Gasteiger partial charge < -0.3 is 53.8 Å². The number of nitrogens with zero attached hydrogens (tertiary/aromatic N) is 1. The summed E-state index contributed by atoms with van der Waals surface area (Å²) in [7, 11) is -3.39. The predicted octanol–water partition coefficient (Wildman–Crippen LogP) is -0.222. The minimum Gasteiger partial charge on any atom is -0.463 e. The van der Waals surface area contributed by atoms with Crippen molar-refractivity contribution < 1.29 is 70.3 Å². The Morgan fingerprint density at radius 2 is 1.08 bits per heavy atom. The highest BCUT2D eigenvalue weighted by atomic mass is 32.2. The average molecular weight is 757 g/mol. The topological polar surface area (TPSA) is 233 Å². The Morgan fingerprint density at radius 3 is 1.53 bits per heavy atom. The fourth-order valence-electron chi connectivity index (χ4n) is 3.47. The maximum Gasteiger partial charge on any atom is 0.407 e. The van der Waals surface area contributed by atoms with Crippen molar-refractivity contribution in [3.05, 3.63) is 12.0 Å². The molecule has 0 aromatic heterocycles. The fraction of sp³-hybridized carbons (Fsp3) is 0.774. The summed E-state index contributed by atoms with van der Waals surface area (Å²) >= 11 is 0. The average Bonchev–Trinajstić information content (AvgIpc) is 3.10. The molecule has 0 aromatic carbocycles. The van der Waals surface area contributed by atoms with Crippen LogP contribution in [0, 0.1) is 0 Å². The molecule has 3 N–H and O–H groups in total. The van der Waals surface area contributed by atoms with Crippen LogP contribution in [-0.2, 0) is 62.1 Å². The maximum atomic E-state index is 12.5. The van der Waals surface area contributed by atoms with Crippen LogP contribution in [0.15, 0.2) is 12.0 Å². The van der Waals surface area contributed by atoms with Gasteiger partial charge in [0, 0.05) is 38.1 Å². The first kappa shape index (κ1) is 47.4. The molecule has 0 aliphatic rings. The van der Waals surface area contributed by atoms with Gasteiger partial charge >= 0.3 is 24.1 Å².